The molecule has 7 heteroatoms. The molecule has 2 aliphatic heterocycles. The maximum Gasteiger partial charge on any atom is 0.239 e. The summed E-state index contributed by atoms with van der Waals surface area (Å²) in [5, 5.41) is 7.22. The molecule has 1 aromatic rings. The number of likely N-dealkylation sites (tertiary alicyclic amines) is 1. The van der Waals surface area contributed by atoms with Gasteiger partial charge in [0.15, 0.2) is 0 Å². The molecule has 144 valence electrons. The van der Waals surface area contributed by atoms with Crippen molar-refractivity contribution >= 4 is 5.91 Å². The largest absolute Gasteiger partial charge is 0.369 e. The summed E-state index contributed by atoms with van der Waals surface area (Å²) in [5.74, 6) is 0.855. The van der Waals surface area contributed by atoms with Gasteiger partial charge in [-0.25, -0.2) is 0 Å². The second-order valence-corrected chi connectivity index (χ2v) is 8.56. The summed E-state index contributed by atoms with van der Waals surface area (Å²) in [7, 11) is 1.71. The Morgan fingerprint density at radius 3 is 2.77 bits per heavy atom. The second-order valence-electron chi connectivity index (χ2n) is 8.56. The molecule has 1 spiro atoms. The van der Waals surface area contributed by atoms with E-state index in [1.807, 2.05) is 10.9 Å². The summed E-state index contributed by atoms with van der Waals surface area (Å²) in [6.45, 7) is 9.46. The average molecular weight is 361 g/mol. The SMILES string of the molecule is CNC(=O)[C@H]1COC2(CN(Cc3cnn(C(C)C)c3)C2)CN1CC1CC1. The molecule has 1 aromatic heterocycles. The smallest absolute Gasteiger partial charge is 0.239 e. The summed E-state index contributed by atoms with van der Waals surface area (Å²) in [5.41, 5.74) is 1.15. The normalized spacial score (nSPS) is 26.2. The molecular weight excluding hydrogens is 330 g/mol. The number of carbonyl (C=O) groups is 1. The third-order valence-corrected chi connectivity index (χ3v) is 5.83. The number of hydrogen-bond donors (Lipinski definition) is 1. The second kappa shape index (κ2) is 6.94. The molecule has 1 amide bonds. The molecule has 1 N–H and O–H groups in total. The van der Waals surface area contributed by atoms with Gasteiger partial charge in [0.05, 0.1) is 12.8 Å². The standard InChI is InChI=1S/C19H31N5O2/c1-14(2)24-9-16(6-21-24)7-22-11-19(12-22)13-23(8-15-4-5-15)17(10-26-19)18(25)20-3/h6,9,14-15,17H,4-5,7-8,10-13H2,1-3H3,(H,20,25)/t17-/m1/s1. The summed E-state index contributed by atoms with van der Waals surface area (Å²) in [4.78, 5) is 17.0. The lowest BCUT2D eigenvalue weighted by atomic mass is 9.90. The molecule has 3 heterocycles. The van der Waals surface area contributed by atoms with E-state index in [1.54, 1.807) is 7.05 Å². The van der Waals surface area contributed by atoms with Crippen molar-refractivity contribution in [3.8, 4) is 0 Å². The predicted molar refractivity (Wildman–Crippen MR) is 98.7 cm³/mol. The molecule has 7 nitrogen and oxygen atoms in total. The van der Waals surface area contributed by atoms with E-state index < -0.39 is 0 Å². The van der Waals surface area contributed by atoms with Gasteiger partial charge in [-0.2, -0.15) is 5.10 Å². The first kappa shape index (κ1) is 17.9. The lowest BCUT2D eigenvalue weighted by molar-refractivity contribution is -0.203. The van der Waals surface area contributed by atoms with Crippen molar-refractivity contribution in [3.63, 3.8) is 0 Å². The van der Waals surface area contributed by atoms with Gasteiger partial charge < -0.3 is 10.1 Å². The van der Waals surface area contributed by atoms with Gasteiger partial charge in [-0.15, -0.1) is 0 Å². The molecule has 4 rings (SSSR count). The Morgan fingerprint density at radius 1 is 1.38 bits per heavy atom. The van der Waals surface area contributed by atoms with Crippen molar-refractivity contribution in [2.24, 2.45) is 5.92 Å². The third kappa shape index (κ3) is 3.66. The first-order chi connectivity index (χ1) is 12.5. The van der Waals surface area contributed by atoms with Crippen LogP contribution in [0.25, 0.3) is 0 Å². The monoisotopic (exact) mass is 361 g/mol. The number of morpholine rings is 1. The Morgan fingerprint density at radius 2 is 2.15 bits per heavy atom. The zero-order valence-electron chi connectivity index (χ0n) is 16.1. The lowest BCUT2D eigenvalue weighted by Crippen LogP contribution is -2.72. The average Bonchev–Trinajstić information content (AvgIpc) is 3.27. The first-order valence-corrected chi connectivity index (χ1v) is 9.83. The Bertz CT molecular complexity index is 648. The summed E-state index contributed by atoms with van der Waals surface area (Å²) in [6, 6.07) is 0.260. The highest BCUT2D eigenvalue weighted by Crippen LogP contribution is 2.36. The van der Waals surface area contributed by atoms with Gasteiger partial charge in [-0.1, -0.05) is 0 Å². The number of rotatable bonds is 6. The number of hydrogen-bond acceptors (Lipinski definition) is 5. The van der Waals surface area contributed by atoms with Crippen LogP contribution in [0.1, 0.15) is 38.3 Å². The Kier molecular flexibility index (Phi) is 4.79. The molecule has 26 heavy (non-hydrogen) atoms. The van der Waals surface area contributed by atoms with Crippen LogP contribution in [0.2, 0.25) is 0 Å². The van der Waals surface area contributed by atoms with Gasteiger partial charge >= 0.3 is 0 Å². The highest BCUT2D eigenvalue weighted by Gasteiger charge is 2.50. The van der Waals surface area contributed by atoms with E-state index in [0.717, 1.165) is 38.6 Å². The fourth-order valence-electron chi connectivity index (χ4n) is 4.19. The number of ether oxygens (including phenoxy) is 1. The van der Waals surface area contributed by atoms with Crippen LogP contribution in [-0.2, 0) is 16.1 Å². The van der Waals surface area contributed by atoms with Crippen molar-refractivity contribution in [1.29, 1.82) is 0 Å². The number of carbonyl (C=O) groups excluding carboxylic acids is 1. The fourth-order valence-corrected chi connectivity index (χ4v) is 4.19. The maximum atomic E-state index is 12.2. The minimum absolute atomic E-state index is 0.0813. The van der Waals surface area contributed by atoms with Gasteiger partial charge in [0.25, 0.3) is 0 Å². The van der Waals surface area contributed by atoms with Gasteiger partial charge in [-0.05, 0) is 32.6 Å². The molecule has 2 saturated heterocycles. The molecule has 1 saturated carbocycles. The van der Waals surface area contributed by atoms with Crippen LogP contribution < -0.4 is 5.32 Å². The van der Waals surface area contributed by atoms with Crippen molar-refractivity contribution < 1.29 is 9.53 Å². The topological polar surface area (TPSA) is 62.6 Å². The van der Waals surface area contributed by atoms with E-state index in [4.69, 9.17) is 4.74 Å². The van der Waals surface area contributed by atoms with E-state index in [2.05, 4.69) is 40.3 Å². The van der Waals surface area contributed by atoms with Crippen LogP contribution in [-0.4, -0.2) is 77.0 Å². The Labute approximate surface area is 155 Å². The fraction of sp³-hybridized carbons (Fsp3) is 0.789. The van der Waals surface area contributed by atoms with Crippen LogP contribution in [0.15, 0.2) is 12.4 Å². The molecule has 1 atom stereocenters. The number of likely N-dealkylation sites (N-methyl/N-ethyl adjacent to an activating group) is 1. The molecular formula is C19H31N5O2. The molecule has 3 aliphatic rings. The highest BCUT2D eigenvalue weighted by atomic mass is 16.5. The number of nitrogens with zero attached hydrogens (tertiary/aromatic N) is 4. The molecule has 0 aromatic carbocycles. The minimum Gasteiger partial charge on any atom is -0.369 e. The van der Waals surface area contributed by atoms with E-state index in [9.17, 15) is 4.79 Å². The Hall–Kier alpha value is -1.44. The van der Waals surface area contributed by atoms with E-state index in [1.165, 1.54) is 18.4 Å². The van der Waals surface area contributed by atoms with Gasteiger partial charge in [0.1, 0.15) is 11.6 Å². The zero-order chi connectivity index (χ0) is 18.3. The van der Waals surface area contributed by atoms with Crippen molar-refractivity contribution in [2.45, 2.75) is 50.9 Å². The summed E-state index contributed by atoms with van der Waals surface area (Å²) < 4.78 is 8.22. The molecule has 0 unspecified atom stereocenters. The van der Waals surface area contributed by atoms with E-state index in [-0.39, 0.29) is 17.6 Å². The van der Waals surface area contributed by atoms with Crippen molar-refractivity contribution in [3.05, 3.63) is 18.0 Å². The first-order valence-electron chi connectivity index (χ1n) is 9.83. The van der Waals surface area contributed by atoms with Crippen LogP contribution >= 0.6 is 0 Å². The molecule has 3 fully saturated rings. The van der Waals surface area contributed by atoms with Crippen LogP contribution in [0.4, 0.5) is 0 Å². The van der Waals surface area contributed by atoms with Crippen molar-refractivity contribution in [1.82, 2.24) is 24.9 Å². The summed E-state index contributed by atoms with van der Waals surface area (Å²) in [6.07, 6.45) is 6.71. The molecule has 1 aliphatic carbocycles. The van der Waals surface area contributed by atoms with Crippen LogP contribution in [0.3, 0.4) is 0 Å². The number of amides is 1. The highest BCUT2D eigenvalue weighted by molar-refractivity contribution is 5.81. The van der Waals surface area contributed by atoms with E-state index >= 15 is 0 Å². The molecule has 0 bridgehead atoms. The Balaban J connectivity index is 1.34. The molecule has 0 radical (unpaired) electrons. The quantitative estimate of drug-likeness (QED) is 0.815. The summed E-state index contributed by atoms with van der Waals surface area (Å²) >= 11 is 0. The maximum absolute atomic E-state index is 12.2. The number of aromatic nitrogens is 2. The third-order valence-electron chi connectivity index (χ3n) is 5.83. The lowest BCUT2D eigenvalue weighted by Gasteiger charge is -2.55. The van der Waals surface area contributed by atoms with Gasteiger partial charge in [-0.3, -0.25) is 19.3 Å². The predicted octanol–water partition coefficient (Wildman–Crippen LogP) is 0.875. The number of nitrogens with one attached hydrogen (secondary N) is 1. The van der Waals surface area contributed by atoms with E-state index in [0.29, 0.717) is 12.6 Å². The minimum atomic E-state index is -0.135. The van der Waals surface area contributed by atoms with Gasteiger partial charge in [0, 0.05) is 57.6 Å². The van der Waals surface area contributed by atoms with Crippen LogP contribution in [0.5, 0.6) is 0 Å². The van der Waals surface area contributed by atoms with Crippen LogP contribution in [0, 0.1) is 5.92 Å². The van der Waals surface area contributed by atoms with Gasteiger partial charge in [0.2, 0.25) is 5.91 Å². The zero-order valence-corrected chi connectivity index (χ0v) is 16.1. The van der Waals surface area contributed by atoms with Crippen molar-refractivity contribution in [2.75, 3.05) is 39.8 Å².